The van der Waals surface area contributed by atoms with Crippen molar-refractivity contribution in [2.75, 3.05) is 6.54 Å². The Morgan fingerprint density at radius 1 is 1.10 bits per heavy atom. The van der Waals surface area contributed by atoms with Gasteiger partial charge in [0.05, 0.1) is 5.56 Å². The fourth-order valence-electron chi connectivity index (χ4n) is 3.66. The van der Waals surface area contributed by atoms with E-state index in [1.165, 1.54) is 31.4 Å². The van der Waals surface area contributed by atoms with Crippen molar-refractivity contribution in [3.63, 3.8) is 0 Å². The van der Waals surface area contributed by atoms with Crippen LogP contribution in [-0.4, -0.2) is 34.5 Å². The van der Waals surface area contributed by atoms with Crippen molar-refractivity contribution in [3.05, 3.63) is 35.4 Å². The van der Waals surface area contributed by atoms with Crippen LogP contribution >= 0.6 is 0 Å². The van der Waals surface area contributed by atoms with Crippen molar-refractivity contribution >= 4 is 11.9 Å². The molecular weight excluding hydrogens is 254 g/mol. The Labute approximate surface area is 118 Å². The zero-order valence-corrected chi connectivity index (χ0v) is 11.4. The third kappa shape index (κ3) is 2.30. The number of aromatic carboxylic acids is 1. The maximum atomic E-state index is 12.7. The maximum absolute atomic E-state index is 12.7. The van der Waals surface area contributed by atoms with Crippen LogP contribution in [0, 0.1) is 5.92 Å². The van der Waals surface area contributed by atoms with Gasteiger partial charge in [-0.15, -0.1) is 0 Å². The fraction of sp³-hybridized carbons (Fsp3) is 0.500. The van der Waals surface area contributed by atoms with Gasteiger partial charge in [-0.2, -0.15) is 0 Å². The number of carboxylic acids is 1. The van der Waals surface area contributed by atoms with Crippen LogP contribution in [0.3, 0.4) is 0 Å². The molecule has 0 bridgehead atoms. The van der Waals surface area contributed by atoms with Crippen LogP contribution in [0.2, 0.25) is 0 Å². The molecule has 1 aliphatic carbocycles. The molecule has 0 radical (unpaired) electrons. The van der Waals surface area contributed by atoms with Gasteiger partial charge in [0.15, 0.2) is 0 Å². The summed E-state index contributed by atoms with van der Waals surface area (Å²) in [5, 5.41) is 9.03. The summed E-state index contributed by atoms with van der Waals surface area (Å²) in [6.07, 6.45) is 5.81. The van der Waals surface area contributed by atoms with Crippen molar-refractivity contribution in [1.82, 2.24) is 4.90 Å². The Kier molecular flexibility index (Phi) is 3.47. The monoisotopic (exact) mass is 273 g/mol. The van der Waals surface area contributed by atoms with Gasteiger partial charge in [0.1, 0.15) is 0 Å². The van der Waals surface area contributed by atoms with E-state index >= 15 is 0 Å². The lowest BCUT2D eigenvalue weighted by molar-refractivity contribution is 0.0548. The number of hydrogen-bond donors (Lipinski definition) is 1. The van der Waals surface area contributed by atoms with E-state index in [1.807, 2.05) is 4.90 Å². The number of benzene rings is 1. The number of carbonyl (C=O) groups is 2. The van der Waals surface area contributed by atoms with E-state index in [-0.39, 0.29) is 11.5 Å². The molecule has 3 rings (SSSR count). The van der Waals surface area contributed by atoms with Gasteiger partial charge in [0.25, 0.3) is 5.91 Å². The lowest BCUT2D eigenvalue weighted by atomic mass is 9.91. The number of fused-ring (bicyclic) bond motifs is 1. The summed E-state index contributed by atoms with van der Waals surface area (Å²) in [5.74, 6) is -0.350. The van der Waals surface area contributed by atoms with E-state index in [4.69, 9.17) is 5.11 Å². The van der Waals surface area contributed by atoms with Crippen LogP contribution in [0.1, 0.15) is 52.8 Å². The van der Waals surface area contributed by atoms with Crippen LogP contribution in [0.5, 0.6) is 0 Å². The number of rotatable bonds is 2. The quantitative estimate of drug-likeness (QED) is 0.901. The van der Waals surface area contributed by atoms with Gasteiger partial charge in [-0.05, 0) is 49.8 Å². The Hall–Kier alpha value is -1.84. The number of amides is 1. The van der Waals surface area contributed by atoms with Crippen molar-refractivity contribution in [3.8, 4) is 0 Å². The van der Waals surface area contributed by atoms with Gasteiger partial charge in [0.2, 0.25) is 0 Å². The van der Waals surface area contributed by atoms with Crippen molar-refractivity contribution in [2.45, 2.75) is 38.1 Å². The topological polar surface area (TPSA) is 57.6 Å². The molecule has 20 heavy (non-hydrogen) atoms. The third-order valence-electron chi connectivity index (χ3n) is 4.61. The highest BCUT2D eigenvalue weighted by Crippen LogP contribution is 2.37. The Morgan fingerprint density at radius 2 is 1.85 bits per heavy atom. The lowest BCUT2D eigenvalue weighted by Gasteiger charge is -2.37. The molecular formula is C16H19NO3. The van der Waals surface area contributed by atoms with E-state index in [9.17, 15) is 9.59 Å². The van der Waals surface area contributed by atoms with E-state index in [0.29, 0.717) is 17.5 Å². The summed E-state index contributed by atoms with van der Waals surface area (Å²) < 4.78 is 0. The molecule has 1 saturated heterocycles. The zero-order chi connectivity index (χ0) is 14.1. The van der Waals surface area contributed by atoms with Crippen LogP contribution in [-0.2, 0) is 0 Å². The summed E-state index contributed by atoms with van der Waals surface area (Å²) >= 11 is 0. The molecule has 2 unspecified atom stereocenters. The molecule has 4 heteroatoms. The minimum atomic E-state index is -0.989. The van der Waals surface area contributed by atoms with E-state index in [0.717, 1.165) is 19.4 Å². The predicted octanol–water partition coefficient (Wildman–Crippen LogP) is 2.79. The number of nitrogens with zero attached hydrogens (tertiary/aromatic N) is 1. The first-order valence-electron chi connectivity index (χ1n) is 7.31. The van der Waals surface area contributed by atoms with Crippen molar-refractivity contribution in [2.24, 2.45) is 5.92 Å². The summed E-state index contributed by atoms with van der Waals surface area (Å²) in [6, 6.07) is 6.74. The van der Waals surface area contributed by atoms with Gasteiger partial charge < -0.3 is 10.0 Å². The van der Waals surface area contributed by atoms with E-state index in [2.05, 4.69) is 0 Å². The second-order valence-electron chi connectivity index (χ2n) is 5.79. The Morgan fingerprint density at radius 3 is 2.65 bits per heavy atom. The summed E-state index contributed by atoms with van der Waals surface area (Å²) in [7, 11) is 0. The molecule has 106 valence electrons. The molecule has 2 fully saturated rings. The van der Waals surface area contributed by atoms with Gasteiger partial charge in [-0.1, -0.05) is 12.5 Å². The first kappa shape index (κ1) is 13.2. The Bertz CT molecular complexity index is 540. The summed E-state index contributed by atoms with van der Waals surface area (Å²) in [4.78, 5) is 25.6. The molecule has 4 nitrogen and oxygen atoms in total. The van der Waals surface area contributed by atoms with Crippen LogP contribution in [0.15, 0.2) is 24.3 Å². The molecule has 0 spiro atoms. The van der Waals surface area contributed by atoms with Crippen molar-refractivity contribution in [1.29, 1.82) is 0 Å². The first-order valence-corrected chi connectivity index (χ1v) is 7.31. The standard InChI is InChI=1S/C16H19NO3/c18-15(12-5-1-6-13(10-12)16(19)20)17-9-3-7-11-4-2-8-14(11)17/h1,5-6,10-11,14H,2-4,7-9H2,(H,19,20). The molecule has 1 aromatic rings. The van der Waals surface area contributed by atoms with E-state index in [1.54, 1.807) is 12.1 Å². The highest BCUT2D eigenvalue weighted by Gasteiger charge is 2.37. The smallest absolute Gasteiger partial charge is 0.335 e. The van der Waals surface area contributed by atoms with Gasteiger partial charge in [0, 0.05) is 18.2 Å². The highest BCUT2D eigenvalue weighted by molar-refractivity contribution is 5.97. The minimum Gasteiger partial charge on any atom is -0.478 e. The molecule has 2 aliphatic rings. The van der Waals surface area contributed by atoms with Crippen molar-refractivity contribution < 1.29 is 14.7 Å². The largest absolute Gasteiger partial charge is 0.478 e. The van der Waals surface area contributed by atoms with Gasteiger partial charge in [-0.3, -0.25) is 4.79 Å². The number of piperidine rings is 1. The molecule has 1 aromatic carbocycles. The third-order valence-corrected chi connectivity index (χ3v) is 4.61. The normalized spacial score (nSPS) is 25.3. The van der Waals surface area contributed by atoms with Gasteiger partial charge in [-0.25, -0.2) is 4.79 Å². The summed E-state index contributed by atoms with van der Waals surface area (Å²) in [6.45, 7) is 0.803. The van der Waals surface area contributed by atoms with Gasteiger partial charge >= 0.3 is 5.97 Å². The predicted molar refractivity (Wildman–Crippen MR) is 74.8 cm³/mol. The Balaban J connectivity index is 1.84. The second-order valence-corrected chi connectivity index (χ2v) is 5.79. The van der Waals surface area contributed by atoms with Crippen LogP contribution < -0.4 is 0 Å². The first-order chi connectivity index (χ1) is 9.66. The molecule has 1 N–H and O–H groups in total. The molecule has 1 heterocycles. The van der Waals surface area contributed by atoms with Crippen LogP contribution in [0.4, 0.5) is 0 Å². The average Bonchev–Trinajstić information content (AvgIpc) is 2.95. The number of hydrogen-bond acceptors (Lipinski definition) is 2. The number of carboxylic acid groups (broad SMARTS) is 1. The lowest BCUT2D eigenvalue weighted by Crippen LogP contribution is -2.46. The van der Waals surface area contributed by atoms with E-state index < -0.39 is 5.97 Å². The fourth-order valence-corrected chi connectivity index (χ4v) is 3.66. The second kappa shape index (κ2) is 5.27. The summed E-state index contributed by atoms with van der Waals surface area (Å²) in [5.41, 5.74) is 0.674. The maximum Gasteiger partial charge on any atom is 0.335 e. The highest BCUT2D eigenvalue weighted by atomic mass is 16.4. The van der Waals surface area contributed by atoms with Crippen LogP contribution in [0.25, 0.3) is 0 Å². The molecule has 1 aliphatic heterocycles. The number of likely N-dealkylation sites (tertiary alicyclic amines) is 1. The molecule has 1 amide bonds. The average molecular weight is 273 g/mol. The molecule has 1 saturated carbocycles. The number of carbonyl (C=O) groups excluding carboxylic acids is 1. The molecule has 0 aromatic heterocycles. The SMILES string of the molecule is O=C(O)c1cccc(C(=O)N2CCCC3CCCC32)c1. The minimum absolute atomic E-state index is 0.00954. The zero-order valence-electron chi connectivity index (χ0n) is 11.4. The molecule has 2 atom stereocenters.